The Morgan fingerprint density at radius 3 is 2.46 bits per heavy atom. The minimum Gasteiger partial charge on any atom is -0.336 e. The van der Waals surface area contributed by atoms with E-state index in [0.717, 1.165) is 38.3 Å². The van der Waals surface area contributed by atoms with Gasteiger partial charge >= 0.3 is 6.03 Å². The second kappa shape index (κ2) is 8.39. The Morgan fingerprint density at radius 2 is 1.88 bits per heavy atom. The molecular weight excluding hydrogens is 314 g/mol. The maximum absolute atomic E-state index is 13.6. The molecule has 2 N–H and O–H groups in total. The molecule has 0 aromatic heterocycles. The lowest BCUT2D eigenvalue weighted by molar-refractivity contribution is 0.0890. The zero-order valence-corrected chi connectivity index (χ0v) is 14.5. The number of carbonyl (C=O) groups is 1. The summed E-state index contributed by atoms with van der Waals surface area (Å²) >= 11 is 0. The van der Waals surface area contributed by atoms with Crippen LogP contribution in [0.1, 0.15) is 13.8 Å². The summed E-state index contributed by atoms with van der Waals surface area (Å²) in [4.78, 5) is 16.7. The molecule has 2 amide bonds. The van der Waals surface area contributed by atoms with Crippen LogP contribution in [-0.4, -0.2) is 61.6 Å². The molecule has 1 aromatic rings. The van der Waals surface area contributed by atoms with Crippen molar-refractivity contribution < 1.29 is 13.6 Å². The maximum atomic E-state index is 13.6. The highest BCUT2D eigenvalue weighted by Crippen LogP contribution is 2.15. The van der Waals surface area contributed by atoms with Gasteiger partial charge < -0.3 is 15.5 Å². The van der Waals surface area contributed by atoms with Crippen LogP contribution in [0.2, 0.25) is 0 Å². The van der Waals surface area contributed by atoms with Crippen LogP contribution >= 0.6 is 0 Å². The highest BCUT2D eigenvalue weighted by atomic mass is 19.1. The van der Waals surface area contributed by atoms with Crippen LogP contribution in [0.4, 0.5) is 19.3 Å². The largest absolute Gasteiger partial charge is 0.336 e. The van der Waals surface area contributed by atoms with Crippen molar-refractivity contribution in [3.8, 4) is 0 Å². The molecule has 0 bridgehead atoms. The van der Waals surface area contributed by atoms with Gasteiger partial charge in [-0.25, -0.2) is 13.6 Å². The molecule has 0 spiro atoms. The number of nitrogens with zero attached hydrogens (tertiary/aromatic N) is 2. The number of carbonyl (C=O) groups excluding carboxylic acids is 1. The zero-order chi connectivity index (χ0) is 17.7. The summed E-state index contributed by atoms with van der Waals surface area (Å²) in [6, 6.07) is 2.81. The van der Waals surface area contributed by atoms with Crippen LogP contribution in [-0.2, 0) is 0 Å². The van der Waals surface area contributed by atoms with Gasteiger partial charge in [-0.2, -0.15) is 0 Å². The Bertz CT molecular complexity index is 560. The summed E-state index contributed by atoms with van der Waals surface area (Å²) < 4.78 is 26.5. The number of amides is 2. The van der Waals surface area contributed by atoms with E-state index < -0.39 is 17.7 Å². The van der Waals surface area contributed by atoms with Crippen molar-refractivity contribution in [2.75, 3.05) is 45.1 Å². The Morgan fingerprint density at radius 1 is 1.21 bits per heavy atom. The van der Waals surface area contributed by atoms with Crippen LogP contribution in [0.5, 0.6) is 0 Å². The fraction of sp³-hybridized carbons (Fsp3) is 0.588. The molecule has 1 aromatic carbocycles. The highest BCUT2D eigenvalue weighted by Gasteiger charge is 2.25. The molecule has 7 heteroatoms. The molecule has 5 nitrogen and oxygen atoms in total. The summed E-state index contributed by atoms with van der Waals surface area (Å²) in [5, 5.41) is 5.22. The average molecular weight is 340 g/mol. The first-order valence-electron chi connectivity index (χ1n) is 8.29. The number of halogens is 2. The smallest absolute Gasteiger partial charge is 0.319 e. The van der Waals surface area contributed by atoms with Gasteiger partial charge in [0.15, 0.2) is 0 Å². The van der Waals surface area contributed by atoms with Crippen molar-refractivity contribution >= 4 is 11.7 Å². The van der Waals surface area contributed by atoms with E-state index in [1.807, 2.05) is 0 Å². The van der Waals surface area contributed by atoms with E-state index in [4.69, 9.17) is 0 Å². The molecule has 1 heterocycles. The lowest BCUT2D eigenvalue weighted by atomic mass is 10.0. The van der Waals surface area contributed by atoms with Crippen molar-refractivity contribution in [1.29, 1.82) is 0 Å². The number of rotatable bonds is 5. The third-order valence-corrected chi connectivity index (χ3v) is 4.43. The number of likely N-dealkylation sites (N-methyl/N-ethyl adjacent to an activating group) is 1. The molecule has 134 valence electrons. The van der Waals surface area contributed by atoms with E-state index >= 15 is 0 Å². The normalized spacial score (nSPS) is 17.8. The lowest BCUT2D eigenvalue weighted by Crippen LogP contribution is -2.54. The van der Waals surface area contributed by atoms with E-state index in [2.05, 4.69) is 41.3 Å². The third kappa shape index (κ3) is 5.14. The third-order valence-electron chi connectivity index (χ3n) is 4.43. The van der Waals surface area contributed by atoms with Crippen molar-refractivity contribution in [2.24, 2.45) is 5.92 Å². The molecule has 2 rings (SSSR count). The summed E-state index contributed by atoms with van der Waals surface area (Å²) in [5.74, 6) is -1.07. The van der Waals surface area contributed by atoms with Crippen molar-refractivity contribution in [2.45, 2.75) is 19.9 Å². The fourth-order valence-corrected chi connectivity index (χ4v) is 2.89. The summed E-state index contributed by atoms with van der Waals surface area (Å²) in [6.07, 6.45) is 0. The van der Waals surface area contributed by atoms with E-state index in [-0.39, 0.29) is 11.7 Å². The predicted octanol–water partition coefficient (Wildman–Crippen LogP) is 2.36. The Kier molecular flexibility index (Phi) is 6.51. The van der Waals surface area contributed by atoms with Gasteiger partial charge in [-0.15, -0.1) is 0 Å². The van der Waals surface area contributed by atoms with Gasteiger partial charge in [-0.3, -0.25) is 4.90 Å². The second-order valence-corrected chi connectivity index (χ2v) is 6.61. The minimum atomic E-state index is -0.787. The molecule has 1 aliphatic rings. The first-order valence-corrected chi connectivity index (χ1v) is 8.29. The first-order chi connectivity index (χ1) is 11.4. The van der Waals surface area contributed by atoms with Crippen LogP contribution in [0.3, 0.4) is 0 Å². The predicted molar refractivity (Wildman–Crippen MR) is 91.1 cm³/mol. The molecule has 0 saturated carbocycles. The molecule has 24 heavy (non-hydrogen) atoms. The quantitative estimate of drug-likeness (QED) is 0.865. The number of benzene rings is 1. The van der Waals surface area contributed by atoms with Crippen molar-refractivity contribution in [3.05, 3.63) is 29.8 Å². The van der Waals surface area contributed by atoms with Crippen molar-refractivity contribution in [1.82, 2.24) is 15.1 Å². The topological polar surface area (TPSA) is 47.6 Å². The molecule has 1 atom stereocenters. The summed E-state index contributed by atoms with van der Waals surface area (Å²) in [5.41, 5.74) is -0.0328. The number of hydrogen-bond donors (Lipinski definition) is 2. The lowest BCUT2D eigenvalue weighted by Gasteiger charge is -2.39. The van der Waals surface area contributed by atoms with Gasteiger partial charge in [-0.05, 0) is 25.1 Å². The summed E-state index contributed by atoms with van der Waals surface area (Å²) in [7, 11) is 2.10. The van der Waals surface area contributed by atoms with Crippen LogP contribution < -0.4 is 10.6 Å². The van der Waals surface area contributed by atoms with Crippen LogP contribution in [0.25, 0.3) is 0 Å². The summed E-state index contributed by atoms with van der Waals surface area (Å²) in [6.45, 7) is 8.69. The van der Waals surface area contributed by atoms with E-state index in [0.29, 0.717) is 12.5 Å². The second-order valence-electron chi connectivity index (χ2n) is 6.61. The van der Waals surface area contributed by atoms with Gasteiger partial charge in [0.25, 0.3) is 0 Å². The molecule has 0 aliphatic carbocycles. The zero-order valence-electron chi connectivity index (χ0n) is 14.5. The SMILES string of the molecule is CC(C)C(CNC(=O)Nc1ccc(F)cc1F)N1CCN(C)CC1. The number of urea groups is 1. The van der Waals surface area contributed by atoms with Crippen molar-refractivity contribution in [3.63, 3.8) is 0 Å². The van der Waals surface area contributed by atoms with Gasteiger partial charge in [0, 0.05) is 44.8 Å². The van der Waals surface area contributed by atoms with Gasteiger partial charge in [0.05, 0.1) is 5.69 Å². The number of hydrogen-bond acceptors (Lipinski definition) is 3. The van der Waals surface area contributed by atoms with E-state index in [1.54, 1.807) is 0 Å². The molecule has 1 aliphatic heterocycles. The Labute approximate surface area is 142 Å². The fourth-order valence-electron chi connectivity index (χ4n) is 2.89. The van der Waals surface area contributed by atoms with Gasteiger partial charge in [0.1, 0.15) is 11.6 Å². The van der Waals surface area contributed by atoms with E-state index in [9.17, 15) is 13.6 Å². The highest BCUT2D eigenvalue weighted by molar-refractivity contribution is 5.89. The molecule has 1 saturated heterocycles. The monoisotopic (exact) mass is 340 g/mol. The molecule has 1 unspecified atom stereocenters. The van der Waals surface area contributed by atoms with Crippen LogP contribution in [0.15, 0.2) is 18.2 Å². The maximum Gasteiger partial charge on any atom is 0.319 e. The van der Waals surface area contributed by atoms with Gasteiger partial charge in [0.2, 0.25) is 0 Å². The molecule has 1 fully saturated rings. The Hall–Kier alpha value is -1.73. The molecule has 0 radical (unpaired) electrons. The number of anilines is 1. The number of piperazine rings is 1. The Balaban J connectivity index is 1.88. The van der Waals surface area contributed by atoms with Crippen LogP contribution in [0, 0.1) is 17.6 Å². The first kappa shape index (κ1) is 18.6. The number of nitrogens with one attached hydrogen (secondary N) is 2. The molecular formula is C17H26F2N4O. The van der Waals surface area contributed by atoms with E-state index in [1.165, 1.54) is 6.07 Å². The van der Waals surface area contributed by atoms with Gasteiger partial charge in [-0.1, -0.05) is 13.8 Å². The minimum absolute atomic E-state index is 0.0328. The standard InChI is InChI=1S/C17H26F2N4O/c1-12(2)16(23-8-6-22(3)7-9-23)11-20-17(24)21-15-5-4-13(18)10-14(15)19/h4-5,10,12,16H,6-9,11H2,1-3H3,(H2,20,21,24). The average Bonchev–Trinajstić information content (AvgIpc) is 2.52.